The van der Waals surface area contributed by atoms with Crippen LogP contribution in [0.2, 0.25) is 0 Å². The average molecular weight is 385 g/mol. The maximum Gasteiger partial charge on any atom is 0.150 e. The van der Waals surface area contributed by atoms with Crippen LogP contribution < -0.4 is 16.2 Å². The predicted octanol–water partition coefficient (Wildman–Crippen LogP) is 4.41. The van der Waals surface area contributed by atoms with Crippen molar-refractivity contribution in [2.24, 2.45) is 0 Å². The molecule has 29 heavy (non-hydrogen) atoms. The molecule has 5 rings (SSSR count). The van der Waals surface area contributed by atoms with Gasteiger partial charge in [0.2, 0.25) is 0 Å². The second-order valence-corrected chi connectivity index (χ2v) is 7.49. The van der Waals surface area contributed by atoms with E-state index in [0.29, 0.717) is 18.3 Å². The van der Waals surface area contributed by atoms with Crippen molar-refractivity contribution in [1.82, 2.24) is 14.4 Å². The molecule has 0 spiro atoms. The third kappa shape index (κ3) is 3.16. The molecule has 0 bridgehead atoms. The Hall–Kier alpha value is -3.54. The van der Waals surface area contributed by atoms with E-state index in [4.69, 9.17) is 21.2 Å². The number of imidazole rings is 1. The molecular formula is C23H23N5O. The van der Waals surface area contributed by atoms with Gasteiger partial charge in [0, 0.05) is 35.1 Å². The topological polar surface area (TPSA) is 91.5 Å². The number of nitrogens with two attached hydrogens (primary N) is 2. The summed E-state index contributed by atoms with van der Waals surface area (Å²) >= 11 is 0. The first-order valence-electron chi connectivity index (χ1n) is 9.90. The lowest BCUT2D eigenvalue weighted by atomic mass is 9.85. The van der Waals surface area contributed by atoms with E-state index in [1.54, 1.807) is 6.20 Å². The lowest BCUT2D eigenvalue weighted by Crippen LogP contribution is -2.12. The van der Waals surface area contributed by atoms with E-state index < -0.39 is 0 Å². The Morgan fingerprint density at radius 1 is 1.07 bits per heavy atom. The number of rotatable bonds is 5. The Morgan fingerprint density at radius 3 is 2.72 bits per heavy atom. The van der Waals surface area contributed by atoms with Gasteiger partial charge in [-0.05, 0) is 31.0 Å². The molecule has 0 atom stereocenters. The average Bonchev–Trinajstić information content (AvgIpc) is 3.07. The van der Waals surface area contributed by atoms with E-state index in [2.05, 4.69) is 9.38 Å². The Morgan fingerprint density at radius 2 is 1.93 bits per heavy atom. The minimum absolute atomic E-state index is 0.414. The van der Waals surface area contributed by atoms with Gasteiger partial charge in [-0.3, -0.25) is 4.40 Å². The molecule has 0 aliphatic heterocycles. The van der Waals surface area contributed by atoms with Crippen LogP contribution >= 0.6 is 0 Å². The normalized spacial score (nSPS) is 14.1. The van der Waals surface area contributed by atoms with Crippen molar-refractivity contribution in [3.05, 3.63) is 72.3 Å². The summed E-state index contributed by atoms with van der Waals surface area (Å²) in [4.78, 5) is 9.27. The zero-order valence-corrected chi connectivity index (χ0v) is 16.1. The molecule has 0 radical (unpaired) electrons. The van der Waals surface area contributed by atoms with Crippen LogP contribution in [0.1, 0.15) is 36.6 Å². The highest BCUT2D eigenvalue weighted by molar-refractivity contribution is 5.85. The smallest absolute Gasteiger partial charge is 0.150 e. The standard InChI is InChI=1S/C23H23N5O/c24-19-10-2-1-5-17(19)14-29-18-9-4-8-16(13-18)20-21-22(25)26-11-12-28(21)23(27-20)15-6-3-7-15/h1-2,4-5,8-13,15H,3,6-7,14,24H2,(H2,25,26). The molecular weight excluding hydrogens is 362 g/mol. The fraction of sp³-hybridized carbons (Fsp3) is 0.217. The number of anilines is 2. The van der Waals surface area contributed by atoms with E-state index in [-0.39, 0.29) is 0 Å². The molecule has 1 aliphatic carbocycles. The minimum Gasteiger partial charge on any atom is -0.489 e. The van der Waals surface area contributed by atoms with Gasteiger partial charge in [-0.25, -0.2) is 9.97 Å². The van der Waals surface area contributed by atoms with Crippen molar-refractivity contribution in [3.8, 4) is 17.0 Å². The molecule has 0 unspecified atom stereocenters. The zero-order chi connectivity index (χ0) is 19.8. The Labute approximate surface area is 169 Å². The van der Waals surface area contributed by atoms with Crippen LogP contribution in [0.15, 0.2) is 60.9 Å². The maximum absolute atomic E-state index is 6.24. The highest BCUT2D eigenvalue weighted by Gasteiger charge is 2.26. The summed E-state index contributed by atoms with van der Waals surface area (Å²) in [5.74, 6) is 2.81. The summed E-state index contributed by atoms with van der Waals surface area (Å²) in [6.45, 7) is 0.414. The number of nitrogen functional groups attached to an aromatic ring is 2. The first-order chi connectivity index (χ1) is 14.2. The van der Waals surface area contributed by atoms with Crippen molar-refractivity contribution in [3.63, 3.8) is 0 Å². The van der Waals surface area contributed by atoms with Crippen LogP contribution in [0.5, 0.6) is 5.75 Å². The summed E-state index contributed by atoms with van der Waals surface area (Å²) in [5, 5.41) is 0. The number of nitrogens with zero attached hydrogens (tertiary/aromatic N) is 3. The Balaban J connectivity index is 1.51. The molecule has 2 aromatic carbocycles. The van der Waals surface area contributed by atoms with Crippen molar-refractivity contribution in [2.45, 2.75) is 31.8 Å². The van der Waals surface area contributed by atoms with E-state index in [1.165, 1.54) is 19.3 Å². The summed E-state index contributed by atoms with van der Waals surface area (Å²) in [6.07, 6.45) is 7.28. The fourth-order valence-corrected chi connectivity index (χ4v) is 3.80. The number of fused-ring (bicyclic) bond motifs is 1. The first kappa shape index (κ1) is 17.6. The molecule has 1 saturated carbocycles. The van der Waals surface area contributed by atoms with Gasteiger partial charge < -0.3 is 16.2 Å². The van der Waals surface area contributed by atoms with Crippen LogP contribution in [0.3, 0.4) is 0 Å². The SMILES string of the molecule is Nc1ccccc1COc1cccc(-c2nc(C3CCC3)n3ccnc(N)c23)c1. The van der Waals surface area contributed by atoms with Gasteiger partial charge in [-0.1, -0.05) is 36.8 Å². The quantitative estimate of drug-likeness (QED) is 0.497. The molecule has 1 aliphatic rings. The van der Waals surface area contributed by atoms with Gasteiger partial charge >= 0.3 is 0 Å². The molecule has 6 nitrogen and oxygen atoms in total. The number of benzene rings is 2. The molecule has 2 heterocycles. The van der Waals surface area contributed by atoms with Crippen LogP contribution in [0, 0.1) is 0 Å². The van der Waals surface area contributed by atoms with Crippen molar-refractivity contribution < 1.29 is 4.74 Å². The molecule has 2 aromatic heterocycles. The van der Waals surface area contributed by atoms with E-state index in [1.807, 2.05) is 54.7 Å². The molecule has 4 N–H and O–H groups in total. The lowest BCUT2D eigenvalue weighted by molar-refractivity contribution is 0.307. The van der Waals surface area contributed by atoms with Crippen LogP contribution in [-0.2, 0) is 6.61 Å². The maximum atomic E-state index is 6.24. The largest absolute Gasteiger partial charge is 0.489 e. The van der Waals surface area contributed by atoms with E-state index in [9.17, 15) is 0 Å². The zero-order valence-electron chi connectivity index (χ0n) is 16.1. The minimum atomic E-state index is 0.414. The number of hydrogen-bond acceptors (Lipinski definition) is 5. The summed E-state index contributed by atoms with van der Waals surface area (Å²) in [7, 11) is 0. The Kier molecular flexibility index (Phi) is 4.31. The third-order valence-corrected chi connectivity index (χ3v) is 5.64. The monoisotopic (exact) mass is 385 g/mol. The van der Waals surface area contributed by atoms with Gasteiger partial charge in [0.25, 0.3) is 0 Å². The van der Waals surface area contributed by atoms with Crippen LogP contribution in [0.25, 0.3) is 16.8 Å². The molecule has 1 fully saturated rings. The molecule has 0 saturated heterocycles. The van der Waals surface area contributed by atoms with Gasteiger partial charge in [-0.2, -0.15) is 0 Å². The van der Waals surface area contributed by atoms with Crippen molar-refractivity contribution in [1.29, 1.82) is 0 Å². The van der Waals surface area contributed by atoms with Gasteiger partial charge in [0.15, 0.2) is 0 Å². The third-order valence-electron chi connectivity index (χ3n) is 5.64. The fourth-order valence-electron chi connectivity index (χ4n) is 3.80. The summed E-state index contributed by atoms with van der Waals surface area (Å²) in [5.41, 5.74) is 16.6. The second kappa shape index (κ2) is 7.13. The lowest BCUT2D eigenvalue weighted by Gasteiger charge is -2.23. The molecule has 146 valence electrons. The van der Waals surface area contributed by atoms with Crippen molar-refractivity contribution >= 4 is 17.0 Å². The first-order valence-corrected chi connectivity index (χ1v) is 9.90. The number of hydrogen-bond donors (Lipinski definition) is 2. The van der Waals surface area contributed by atoms with Gasteiger partial charge in [0.05, 0.1) is 0 Å². The van der Waals surface area contributed by atoms with E-state index >= 15 is 0 Å². The highest BCUT2D eigenvalue weighted by Crippen LogP contribution is 2.39. The molecule has 6 heteroatoms. The number of ether oxygens (including phenoxy) is 1. The van der Waals surface area contributed by atoms with Gasteiger partial charge in [0.1, 0.15) is 35.2 Å². The number of para-hydroxylation sites is 1. The second-order valence-electron chi connectivity index (χ2n) is 7.49. The van der Waals surface area contributed by atoms with Crippen LogP contribution in [-0.4, -0.2) is 14.4 Å². The van der Waals surface area contributed by atoms with Gasteiger partial charge in [-0.15, -0.1) is 0 Å². The summed E-state index contributed by atoms with van der Waals surface area (Å²) < 4.78 is 8.10. The Bertz CT molecular complexity index is 1180. The van der Waals surface area contributed by atoms with Crippen molar-refractivity contribution in [2.75, 3.05) is 11.5 Å². The van der Waals surface area contributed by atoms with E-state index in [0.717, 1.165) is 39.6 Å². The summed E-state index contributed by atoms with van der Waals surface area (Å²) in [6, 6.07) is 15.7. The predicted molar refractivity (Wildman–Crippen MR) is 115 cm³/mol. The molecule has 0 amide bonds. The van der Waals surface area contributed by atoms with Crippen LogP contribution in [0.4, 0.5) is 11.5 Å². The molecule has 4 aromatic rings. The number of aromatic nitrogens is 3. The highest BCUT2D eigenvalue weighted by atomic mass is 16.5.